The molecule has 0 heterocycles. The third-order valence-corrected chi connectivity index (χ3v) is 4.72. The Labute approximate surface area is 182 Å². The van der Waals surface area contributed by atoms with Crippen molar-refractivity contribution in [1.82, 2.24) is 0 Å². The normalized spacial score (nSPS) is 10.4. The van der Waals surface area contributed by atoms with Crippen LogP contribution in [0.15, 0.2) is 48.5 Å². The van der Waals surface area contributed by atoms with Crippen molar-refractivity contribution < 1.29 is 23.9 Å². The summed E-state index contributed by atoms with van der Waals surface area (Å²) < 4.78 is 4.92. The number of nitrogens with one attached hydrogen (secondary N) is 1. The van der Waals surface area contributed by atoms with Crippen LogP contribution in [0.4, 0.5) is 5.69 Å². The van der Waals surface area contributed by atoms with Gasteiger partial charge >= 0.3 is 5.97 Å². The van der Waals surface area contributed by atoms with E-state index in [9.17, 15) is 19.2 Å². The molecule has 7 nitrogen and oxygen atoms in total. The number of unbranched alkanes of at least 4 members (excludes halogenated alkanes) is 2. The van der Waals surface area contributed by atoms with E-state index in [0.717, 1.165) is 12.8 Å². The van der Waals surface area contributed by atoms with Crippen LogP contribution in [-0.2, 0) is 20.7 Å². The van der Waals surface area contributed by atoms with Crippen molar-refractivity contribution in [2.45, 2.75) is 45.4 Å². The smallest absolute Gasteiger partial charge is 0.306 e. The SMILES string of the molecule is CCCCCc1ccc(C(=O)CCC(=O)OCC(=O)Nc2ccc(C(N)=O)cc2)cc1. The van der Waals surface area contributed by atoms with Gasteiger partial charge in [0, 0.05) is 23.2 Å². The lowest BCUT2D eigenvalue weighted by atomic mass is 10.0. The molecule has 164 valence electrons. The molecular weight excluding hydrogens is 396 g/mol. The van der Waals surface area contributed by atoms with E-state index in [0.29, 0.717) is 16.8 Å². The third kappa shape index (κ3) is 8.42. The van der Waals surface area contributed by atoms with Crippen molar-refractivity contribution >= 4 is 29.3 Å². The number of esters is 1. The van der Waals surface area contributed by atoms with Crippen LogP contribution >= 0.6 is 0 Å². The molecule has 2 aromatic rings. The van der Waals surface area contributed by atoms with Crippen molar-refractivity contribution in [1.29, 1.82) is 0 Å². The Hall–Kier alpha value is -3.48. The van der Waals surface area contributed by atoms with Crippen LogP contribution in [0.25, 0.3) is 0 Å². The van der Waals surface area contributed by atoms with Crippen molar-refractivity contribution in [3.8, 4) is 0 Å². The Kier molecular flexibility index (Phi) is 9.42. The van der Waals surface area contributed by atoms with Crippen molar-refractivity contribution in [2.75, 3.05) is 11.9 Å². The minimum absolute atomic E-state index is 0.0181. The Morgan fingerprint density at radius 1 is 0.871 bits per heavy atom. The number of benzene rings is 2. The number of hydrogen-bond donors (Lipinski definition) is 2. The van der Waals surface area contributed by atoms with E-state index in [4.69, 9.17) is 10.5 Å². The van der Waals surface area contributed by atoms with E-state index < -0.39 is 24.4 Å². The second-order valence-electron chi connectivity index (χ2n) is 7.23. The number of hydrogen-bond acceptors (Lipinski definition) is 5. The van der Waals surface area contributed by atoms with Crippen molar-refractivity contribution in [2.24, 2.45) is 5.73 Å². The molecule has 0 spiro atoms. The quantitative estimate of drug-likeness (QED) is 0.306. The molecule has 0 saturated heterocycles. The Balaban J connectivity index is 1.70. The van der Waals surface area contributed by atoms with Crippen LogP contribution in [0.5, 0.6) is 0 Å². The van der Waals surface area contributed by atoms with Crippen LogP contribution in [0.2, 0.25) is 0 Å². The molecular formula is C24H28N2O5. The van der Waals surface area contributed by atoms with E-state index in [1.54, 1.807) is 12.1 Å². The average molecular weight is 424 g/mol. The fraction of sp³-hybridized carbons (Fsp3) is 0.333. The lowest BCUT2D eigenvalue weighted by Gasteiger charge is -2.07. The number of rotatable bonds is 12. The number of ether oxygens (including phenoxy) is 1. The Bertz CT molecular complexity index is 905. The summed E-state index contributed by atoms with van der Waals surface area (Å²) in [7, 11) is 0. The summed E-state index contributed by atoms with van der Waals surface area (Å²) in [6.45, 7) is 1.70. The zero-order valence-electron chi connectivity index (χ0n) is 17.7. The first kappa shape index (κ1) is 23.8. The first-order chi connectivity index (χ1) is 14.9. The largest absolute Gasteiger partial charge is 0.456 e. The van der Waals surface area contributed by atoms with Crippen LogP contribution in [0.3, 0.4) is 0 Å². The summed E-state index contributed by atoms with van der Waals surface area (Å²) in [5, 5.41) is 2.54. The van der Waals surface area contributed by atoms with E-state index in [-0.39, 0.29) is 18.6 Å². The van der Waals surface area contributed by atoms with E-state index in [2.05, 4.69) is 12.2 Å². The van der Waals surface area contributed by atoms with E-state index in [1.807, 2.05) is 12.1 Å². The second-order valence-corrected chi connectivity index (χ2v) is 7.23. The third-order valence-electron chi connectivity index (χ3n) is 4.72. The summed E-state index contributed by atoms with van der Waals surface area (Å²) in [6.07, 6.45) is 4.39. The second kappa shape index (κ2) is 12.3. The molecule has 0 atom stereocenters. The van der Waals surface area contributed by atoms with Gasteiger partial charge in [-0.25, -0.2) is 0 Å². The van der Waals surface area contributed by atoms with Crippen LogP contribution < -0.4 is 11.1 Å². The summed E-state index contributed by atoms with van der Waals surface area (Å²) in [4.78, 5) is 47.0. The van der Waals surface area contributed by atoms with Gasteiger partial charge in [-0.15, -0.1) is 0 Å². The maximum Gasteiger partial charge on any atom is 0.306 e. The Morgan fingerprint density at radius 3 is 2.13 bits per heavy atom. The van der Waals surface area contributed by atoms with Gasteiger partial charge in [-0.3, -0.25) is 19.2 Å². The maximum absolute atomic E-state index is 12.3. The standard InChI is InChI=1S/C24H28N2O5/c1-2-3-4-5-17-6-8-18(9-7-17)21(27)14-15-23(29)31-16-22(28)26-20-12-10-19(11-13-20)24(25)30/h6-13H,2-5,14-16H2,1H3,(H2,25,30)(H,26,28). The van der Waals surface area contributed by atoms with E-state index in [1.165, 1.54) is 42.7 Å². The highest BCUT2D eigenvalue weighted by molar-refractivity contribution is 5.98. The molecule has 0 unspecified atom stereocenters. The number of Topliss-reactive ketones (excluding diaryl/α,β-unsaturated/α-hetero) is 1. The molecule has 2 rings (SSSR count). The summed E-state index contributed by atoms with van der Waals surface area (Å²) in [6, 6.07) is 13.5. The highest BCUT2D eigenvalue weighted by atomic mass is 16.5. The molecule has 31 heavy (non-hydrogen) atoms. The number of aryl methyl sites for hydroxylation is 1. The summed E-state index contributed by atoms with van der Waals surface area (Å²) in [5.74, 6) is -1.85. The predicted molar refractivity (Wildman–Crippen MR) is 118 cm³/mol. The van der Waals surface area contributed by atoms with Crippen molar-refractivity contribution in [3.63, 3.8) is 0 Å². The Morgan fingerprint density at radius 2 is 1.52 bits per heavy atom. The minimum Gasteiger partial charge on any atom is -0.456 e. The fourth-order valence-electron chi connectivity index (χ4n) is 2.93. The van der Waals surface area contributed by atoms with Crippen LogP contribution in [0, 0.1) is 0 Å². The van der Waals surface area contributed by atoms with Crippen LogP contribution in [-0.4, -0.2) is 30.2 Å². The van der Waals surface area contributed by atoms with Crippen molar-refractivity contribution in [3.05, 3.63) is 65.2 Å². The lowest BCUT2D eigenvalue weighted by molar-refractivity contribution is -0.147. The molecule has 0 aromatic heterocycles. The monoisotopic (exact) mass is 424 g/mol. The zero-order chi connectivity index (χ0) is 22.6. The van der Waals surface area contributed by atoms with Gasteiger partial charge in [0.05, 0.1) is 6.42 Å². The van der Waals surface area contributed by atoms with Gasteiger partial charge in [0.1, 0.15) is 0 Å². The molecule has 0 fully saturated rings. The van der Waals surface area contributed by atoms with Crippen LogP contribution in [0.1, 0.15) is 65.3 Å². The number of carbonyl (C=O) groups is 4. The number of nitrogens with two attached hydrogens (primary N) is 1. The van der Waals surface area contributed by atoms with Gasteiger partial charge in [0.15, 0.2) is 12.4 Å². The molecule has 0 aliphatic rings. The predicted octanol–water partition coefficient (Wildman–Crippen LogP) is 3.66. The van der Waals surface area contributed by atoms with Gasteiger partial charge in [0.2, 0.25) is 5.91 Å². The highest BCUT2D eigenvalue weighted by Crippen LogP contribution is 2.12. The molecule has 0 radical (unpaired) electrons. The topological polar surface area (TPSA) is 116 Å². The van der Waals surface area contributed by atoms with Gasteiger partial charge in [-0.2, -0.15) is 0 Å². The number of amides is 2. The molecule has 0 aliphatic carbocycles. The van der Waals surface area contributed by atoms with E-state index >= 15 is 0 Å². The minimum atomic E-state index is -0.622. The molecule has 7 heteroatoms. The molecule has 2 amide bonds. The first-order valence-electron chi connectivity index (χ1n) is 10.4. The number of carbonyl (C=O) groups excluding carboxylic acids is 4. The molecule has 2 aromatic carbocycles. The number of primary amides is 1. The summed E-state index contributed by atoms with van der Waals surface area (Å²) in [5.41, 5.74) is 7.67. The fourth-order valence-corrected chi connectivity index (χ4v) is 2.93. The summed E-state index contributed by atoms with van der Waals surface area (Å²) >= 11 is 0. The number of anilines is 1. The highest BCUT2D eigenvalue weighted by Gasteiger charge is 2.12. The molecule has 0 bridgehead atoms. The van der Waals surface area contributed by atoms with Gasteiger partial charge < -0.3 is 15.8 Å². The maximum atomic E-state index is 12.3. The van der Waals surface area contributed by atoms with Gasteiger partial charge in [-0.1, -0.05) is 44.0 Å². The lowest BCUT2D eigenvalue weighted by Crippen LogP contribution is -2.21. The number of ketones is 1. The molecule has 3 N–H and O–H groups in total. The molecule has 0 aliphatic heterocycles. The first-order valence-corrected chi connectivity index (χ1v) is 10.4. The average Bonchev–Trinajstić information content (AvgIpc) is 2.77. The van der Waals surface area contributed by atoms with Gasteiger partial charge in [-0.05, 0) is 42.7 Å². The van der Waals surface area contributed by atoms with Gasteiger partial charge in [0.25, 0.3) is 5.91 Å². The zero-order valence-corrected chi connectivity index (χ0v) is 17.7. The molecule has 0 saturated carbocycles.